The Balaban J connectivity index is 1.24. The third-order valence-corrected chi connectivity index (χ3v) is 8.51. The van der Waals surface area contributed by atoms with Gasteiger partial charge in [0.2, 0.25) is 0 Å². The minimum Gasteiger partial charge on any atom is -0.192 e. The first-order valence-corrected chi connectivity index (χ1v) is 15.6. The van der Waals surface area contributed by atoms with Gasteiger partial charge in [0.25, 0.3) is 0 Å². The Kier molecular flexibility index (Phi) is 8.15. The van der Waals surface area contributed by atoms with Gasteiger partial charge in [-0.2, -0.15) is 15.8 Å². The van der Waals surface area contributed by atoms with E-state index < -0.39 is 0 Å². The molecule has 0 amide bonds. The fourth-order valence-electron chi connectivity index (χ4n) is 6.12. The average Bonchev–Trinajstić information content (AvgIpc) is 3.18. The zero-order valence-corrected chi connectivity index (χ0v) is 25.9. The SMILES string of the molecule is N#Cc1cc(-c2ccccc2)cc(-c2cccc(-c3ccc(-c4cccc(-c5cc(C#N)cc(-c6ccccc6)c5)c4)c(C#N)c3)c2)c1. The number of nitrogens with zero attached hydrogens (tertiary/aromatic N) is 3. The molecule has 222 valence electrons. The van der Waals surface area contributed by atoms with E-state index in [4.69, 9.17) is 0 Å². The highest BCUT2D eigenvalue weighted by molar-refractivity contribution is 5.83. The molecule has 0 heterocycles. The van der Waals surface area contributed by atoms with Gasteiger partial charge in [-0.25, -0.2) is 0 Å². The maximum atomic E-state index is 10.3. The van der Waals surface area contributed by atoms with Crippen molar-refractivity contribution in [1.29, 1.82) is 15.8 Å². The summed E-state index contributed by atoms with van der Waals surface area (Å²) in [5.74, 6) is 0. The molecule has 48 heavy (non-hydrogen) atoms. The van der Waals surface area contributed by atoms with Crippen LogP contribution < -0.4 is 0 Å². The molecule has 0 aromatic heterocycles. The van der Waals surface area contributed by atoms with Gasteiger partial charge in [0.05, 0.1) is 34.9 Å². The van der Waals surface area contributed by atoms with Crippen LogP contribution in [-0.4, -0.2) is 0 Å². The predicted molar refractivity (Wildman–Crippen MR) is 193 cm³/mol. The molecular formula is C45H27N3. The first-order chi connectivity index (χ1) is 23.6. The van der Waals surface area contributed by atoms with E-state index in [0.29, 0.717) is 16.7 Å². The maximum absolute atomic E-state index is 10.3. The maximum Gasteiger partial charge on any atom is 0.0998 e. The Labute approximate surface area is 280 Å². The largest absolute Gasteiger partial charge is 0.192 e. The zero-order chi connectivity index (χ0) is 32.9. The van der Waals surface area contributed by atoms with Crippen molar-refractivity contribution >= 4 is 0 Å². The van der Waals surface area contributed by atoms with E-state index in [1.165, 1.54) is 0 Å². The highest BCUT2D eigenvalue weighted by Crippen LogP contribution is 2.35. The summed E-state index contributed by atoms with van der Waals surface area (Å²) < 4.78 is 0. The molecule has 0 saturated heterocycles. The lowest BCUT2D eigenvalue weighted by atomic mass is 9.91. The molecule has 7 aromatic rings. The third kappa shape index (κ3) is 6.11. The molecular weight excluding hydrogens is 583 g/mol. The molecule has 0 saturated carbocycles. The van der Waals surface area contributed by atoms with E-state index in [1.54, 1.807) is 0 Å². The molecule has 0 aliphatic rings. The van der Waals surface area contributed by atoms with E-state index in [0.717, 1.165) is 66.8 Å². The normalized spacial score (nSPS) is 10.4. The van der Waals surface area contributed by atoms with E-state index in [9.17, 15) is 15.8 Å². The van der Waals surface area contributed by atoms with Gasteiger partial charge < -0.3 is 0 Å². The first-order valence-electron chi connectivity index (χ1n) is 15.6. The van der Waals surface area contributed by atoms with Gasteiger partial charge in [-0.15, -0.1) is 0 Å². The quantitative estimate of drug-likeness (QED) is 0.188. The Morgan fingerprint density at radius 3 is 1.12 bits per heavy atom. The molecule has 7 aromatic carbocycles. The summed E-state index contributed by atoms with van der Waals surface area (Å²) in [7, 11) is 0. The van der Waals surface area contributed by atoms with E-state index in [1.807, 2.05) is 140 Å². The van der Waals surface area contributed by atoms with E-state index >= 15 is 0 Å². The molecule has 3 nitrogen and oxygen atoms in total. The minimum atomic E-state index is 0.573. The van der Waals surface area contributed by atoms with E-state index in [-0.39, 0.29) is 0 Å². The molecule has 0 radical (unpaired) electrons. The van der Waals surface area contributed by atoms with Crippen molar-refractivity contribution in [3.63, 3.8) is 0 Å². The van der Waals surface area contributed by atoms with Crippen LogP contribution in [-0.2, 0) is 0 Å². The molecule has 0 N–H and O–H groups in total. The average molecular weight is 610 g/mol. The molecule has 0 aliphatic carbocycles. The van der Waals surface area contributed by atoms with Crippen LogP contribution in [0.25, 0.3) is 66.8 Å². The summed E-state index contributed by atoms with van der Waals surface area (Å²) in [4.78, 5) is 0. The molecule has 0 atom stereocenters. The van der Waals surface area contributed by atoms with Crippen molar-refractivity contribution in [2.24, 2.45) is 0 Å². The fourth-order valence-corrected chi connectivity index (χ4v) is 6.12. The van der Waals surface area contributed by atoms with Crippen LogP contribution in [0.5, 0.6) is 0 Å². The molecule has 0 unspecified atom stereocenters. The zero-order valence-electron chi connectivity index (χ0n) is 25.9. The Hall–Kier alpha value is -6.99. The fraction of sp³-hybridized carbons (Fsp3) is 0. The smallest absolute Gasteiger partial charge is 0.0998 e. The Morgan fingerprint density at radius 1 is 0.271 bits per heavy atom. The number of hydrogen-bond donors (Lipinski definition) is 0. The Morgan fingerprint density at radius 2 is 0.646 bits per heavy atom. The standard InChI is InChI=1S/C45H27N3/c46-28-31-19-40(33-9-3-1-4-10-33)26-42(21-31)36-14-7-13-35(23-36)38-17-18-45(44(25-38)30-48)39-16-8-15-37(24-39)43-22-32(29-47)20-41(27-43)34-11-5-2-6-12-34/h1-27H. The Bertz CT molecular complexity index is 2420. The monoisotopic (exact) mass is 609 g/mol. The van der Waals surface area contributed by atoms with Crippen molar-refractivity contribution in [2.45, 2.75) is 0 Å². The summed E-state index contributed by atoms with van der Waals surface area (Å²) in [6, 6.07) is 61.3. The van der Waals surface area contributed by atoms with Gasteiger partial charge >= 0.3 is 0 Å². The van der Waals surface area contributed by atoms with Crippen LogP contribution in [0.3, 0.4) is 0 Å². The number of benzene rings is 7. The van der Waals surface area contributed by atoms with Crippen LogP contribution in [0.15, 0.2) is 164 Å². The second-order valence-electron chi connectivity index (χ2n) is 11.6. The summed E-state index contributed by atoms with van der Waals surface area (Å²) in [6.07, 6.45) is 0. The lowest BCUT2D eigenvalue weighted by Crippen LogP contribution is -1.90. The number of rotatable bonds is 6. The topological polar surface area (TPSA) is 71.4 Å². The highest BCUT2D eigenvalue weighted by atomic mass is 14.3. The second kappa shape index (κ2) is 13.2. The van der Waals surface area contributed by atoms with Crippen molar-refractivity contribution < 1.29 is 0 Å². The van der Waals surface area contributed by atoms with Gasteiger partial charge in [0, 0.05) is 0 Å². The van der Waals surface area contributed by atoms with Crippen LogP contribution in [0.4, 0.5) is 0 Å². The van der Waals surface area contributed by atoms with Gasteiger partial charge in [0.1, 0.15) is 0 Å². The number of hydrogen-bond acceptors (Lipinski definition) is 3. The second-order valence-corrected chi connectivity index (χ2v) is 11.6. The van der Waals surface area contributed by atoms with E-state index in [2.05, 4.69) is 42.5 Å². The molecule has 3 heteroatoms. The van der Waals surface area contributed by atoms with Gasteiger partial charge in [-0.1, -0.05) is 109 Å². The van der Waals surface area contributed by atoms with Crippen molar-refractivity contribution in [1.82, 2.24) is 0 Å². The van der Waals surface area contributed by atoms with Gasteiger partial charge in [-0.05, 0) is 121 Å². The van der Waals surface area contributed by atoms with Gasteiger partial charge in [0.15, 0.2) is 0 Å². The minimum absolute atomic E-state index is 0.573. The summed E-state index contributed by atoms with van der Waals surface area (Å²) in [5.41, 5.74) is 13.4. The van der Waals surface area contributed by atoms with Crippen LogP contribution in [0.1, 0.15) is 16.7 Å². The molecule has 0 aliphatic heterocycles. The van der Waals surface area contributed by atoms with Gasteiger partial charge in [-0.3, -0.25) is 0 Å². The lowest BCUT2D eigenvalue weighted by molar-refractivity contribution is 1.46. The molecule has 0 fully saturated rings. The van der Waals surface area contributed by atoms with Crippen LogP contribution >= 0.6 is 0 Å². The summed E-state index contributed by atoms with van der Waals surface area (Å²) >= 11 is 0. The lowest BCUT2D eigenvalue weighted by Gasteiger charge is -2.12. The highest BCUT2D eigenvalue weighted by Gasteiger charge is 2.12. The van der Waals surface area contributed by atoms with Crippen molar-refractivity contribution in [3.8, 4) is 85.0 Å². The molecule has 7 rings (SSSR count). The summed E-state index contributed by atoms with van der Waals surface area (Å²) in [5, 5.41) is 29.8. The van der Waals surface area contributed by atoms with Crippen molar-refractivity contribution in [3.05, 3.63) is 180 Å². The number of nitriles is 3. The van der Waals surface area contributed by atoms with Crippen LogP contribution in [0.2, 0.25) is 0 Å². The molecule has 0 bridgehead atoms. The molecule has 0 spiro atoms. The van der Waals surface area contributed by atoms with Crippen LogP contribution in [0, 0.1) is 34.0 Å². The summed E-state index contributed by atoms with van der Waals surface area (Å²) in [6.45, 7) is 0. The van der Waals surface area contributed by atoms with Crippen molar-refractivity contribution in [2.75, 3.05) is 0 Å². The predicted octanol–water partition coefficient (Wildman–Crippen LogP) is 11.3. The third-order valence-electron chi connectivity index (χ3n) is 8.51. The first kappa shape index (κ1) is 29.7.